The molecule has 6 nitrogen and oxygen atoms in total. The third kappa shape index (κ3) is 4.01. The van der Waals surface area contributed by atoms with E-state index in [1.807, 2.05) is 7.05 Å². The third-order valence-electron chi connectivity index (χ3n) is 3.22. The molecule has 1 aliphatic rings. The van der Waals surface area contributed by atoms with Crippen molar-refractivity contribution in [1.29, 1.82) is 0 Å². The molecule has 1 aromatic rings. The zero-order valence-electron chi connectivity index (χ0n) is 11.8. The van der Waals surface area contributed by atoms with Crippen molar-refractivity contribution in [3.8, 4) is 0 Å². The van der Waals surface area contributed by atoms with Crippen molar-refractivity contribution in [2.75, 3.05) is 18.1 Å². The molecule has 1 fully saturated rings. The molecule has 0 spiro atoms. The van der Waals surface area contributed by atoms with Gasteiger partial charge in [0.25, 0.3) is 0 Å². The minimum Gasteiger partial charge on any atom is -0.312 e. The van der Waals surface area contributed by atoms with Crippen molar-refractivity contribution in [3.63, 3.8) is 0 Å². The highest BCUT2D eigenvalue weighted by atomic mass is 32.2. The first-order valence-electron chi connectivity index (χ1n) is 6.68. The van der Waals surface area contributed by atoms with Crippen LogP contribution < -0.4 is 5.32 Å². The second-order valence-electron chi connectivity index (χ2n) is 5.64. The Bertz CT molecular complexity index is 536. The van der Waals surface area contributed by atoms with Crippen molar-refractivity contribution in [3.05, 3.63) is 11.6 Å². The summed E-state index contributed by atoms with van der Waals surface area (Å²) >= 11 is 0. The third-order valence-corrected chi connectivity index (χ3v) is 4.95. The molecule has 1 unspecified atom stereocenters. The van der Waals surface area contributed by atoms with E-state index in [0.717, 1.165) is 18.1 Å². The zero-order chi connectivity index (χ0) is 14.0. The van der Waals surface area contributed by atoms with Gasteiger partial charge >= 0.3 is 0 Å². The van der Waals surface area contributed by atoms with Crippen LogP contribution in [0.1, 0.15) is 25.5 Å². The maximum atomic E-state index is 11.6. The van der Waals surface area contributed by atoms with Gasteiger partial charge in [0, 0.05) is 32.5 Å². The molecule has 0 saturated carbocycles. The van der Waals surface area contributed by atoms with Crippen molar-refractivity contribution in [1.82, 2.24) is 20.1 Å². The number of rotatable bonds is 4. The smallest absolute Gasteiger partial charge is 0.153 e. The largest absolute Gasteiger partial charge is 0.312 e. The Hall–Kier alpha value is -0.950. The summed E-state index contributed by atoms with van der Waals surface area (Å²) in [6.45, 7) is 4.79. The maximum Gasteiger partial charge on any atom is 0.153 e. The van der Waals surface area contributed by atoms with Crippen molar-refractivity contribution < 1.29 is 8.42 Å². The first-order valence-corrected chi connectivity index (χ1v) is 8.50. The summed E-state index contributed by atoms with van der Waals surface area (Å²) in [5.41, 5.74) is 0. The lowest BCUT2D eigenvalue weighted by Gasteiger charge is -2.22. The van der Waals surface area contributed by atoms with Crippen LogP contribution in [0.4, 0.5) is 0 Å². The highest BCUT2D eigenvalue weighted by molar-refractivity contribution is 7.91. The van der Waals surface area contributed by atoms with Gasteiger partial charge in [-0.3, -0.25) is 4.68 Å². The average Bonchev–Trinajstić information content (AvgIpc) is 2.56. The minimum atomic E-state index is -2.90. The van der Waals surface area contributed by atoms with E-state index in [2.05, 4.69) is 29.2 Å². The zero-order valence-corrected chi connectivity index (χ0v) is 12.6. The fraction of sp³-hybridized carbons (Fsp3) is 0.833. The molecular formula is C12H22N4O2S. The molecule has 1 N–H and O–H groups in total. The summed E-state index contributed by atoms with van der Waals surface area (Å²) in [5.74, 6) is 2.64. The predicted molar refractivity (Wildman–Crippen MR) is 73.7 cm³/mol. The van der Waals surface area contributed by atoms with Gasteiger partial charge in [-0.05, 0) is 5.92 Å². The predicted octanol–water partition coefficient (Wildman–Crippen LogP) is -0.0573. The number of sulfone groups is 1. The molecule has 0 amide bonds. The fourth-order valence-electron chi connectivity index (χ4n) is 2.32. The van der Waals surface area contributed by atoms with Gasteiger partial charge in [0.15, 0.2) is 15.7 Å². The lowest BCUT2D eigenvalue weighted by atomic mass is 10.1. The van der Waals surface area contributed by atoms with Crippen LogP contribution in [0.5, 0.6) is 0 Å². The fourth-order valence-corrected chi connectivity index (χ4v) is 3.77. The van der Waals surface area contributed by atoms with Gasteiger partial charge < -0.3 is 5.32 Å². The lowest BCUT2D eigenvalue weighted by molar-refractivity contribution is 0.500. The van der Waals surface area contributed by atoms with Crippen LogP contribution in [0.2, 0.25) is 0 Å². The van der Waals surface area contributed by atoms with E-state index < -0.39 is 9.84 Å². The normalized spacial score (nSPS) is 22.8. The number of aromatic nitrogens is 3. The van der Waals surface area contributed by atoms with E-state index in [4.69, 9.17) is 0 Å². The molecule has 1 atom stereocenters. The molecule has 19 heavy (non-hydrogen) atoms. The molecule has 1 aliphatic heterocycles. The van der Waals surface area contributed by atoms with Crippen LogP contribution >= 0.6 is 0 Å². The Balaban J connectivity index is 2.04. The summed E-state index contributed by atoms with van der Waals surface area (Å²) in [5, 5.41) is 7.62. The summed E-state index contributed by atoms with van der Waals surface area (Å²) in [6, 6.07) is -0.0476. The second kappa shape index (κ2) is 5.58. The molecule has 0 bridgehead atoms. The number of nitrogens with one attached hydrogen (secondary N) is 1. The van der Waals surface area contributed by atoms with E-state index >= 15 is 0 Å². The van der Waals surface area contributed by atoms with E-state index in [1.54, 1.807) is 4.68 Å². The van der Waals surface area contributed by atoms with Gasteiger partial charge in [0.1, 0.15) is 5.82 Å². The Morgan fingerprint density at radius 3 is 2.84 bits per heavy atom. The summed E-state index contributed by atoms with van der Waals surface area (Å²) < 4.78 is 25.0. The van der Waals surface area contributed by atoms with E-state index in [-0.39, 0.29) is 17.5 Å². The van der Waals surface area contributed by atoms with Crippen LogP contribution in [0.3, 0.4) is 0 Å². The van der Waals surface area contributed by atoms with Gasteiger partial charge in [0.2, 0.25) is 0 Å². The molecule has 2 rings (SSSR count). The summed E-state index contributed by atoms with van der Waals surface area (Å²) in [6.07, 6.45) is 1.46. The molecular weight excluding hydrogens is 264 g/mol. The van der Waals surface area contributed by atoms with Crippen molar-refractivity contribution in [2.45, 2.75) is 32.7 Å². The Labute approximate surface area is 114 Å². The first-order chi connectivity index (χ1) is 8.85. The highest BCUT2D eigenvalue weighted by Crippen LogP contribution is 2.09. The highest BCUT2D eigenvalue weighted by Gasteiger charge is 2.25. The lowest BCUT2D eigenvalue weighted by Crippen LogP contribution is -2.46. The molecule has 0 aliphatic carbocycles. The molecule has 108 valence electrons. The van der Waals surface area contributed by atoms with Gasteiger partial charge in [-0.1, -0.05) is 13.8 Å². The number of hydrogen-bond acceptors (Lipinski definition) is 5. The number of nitrogens with zero attached hydrogens (tertiary/aromatic N) is 3. The Morgan fingerprint density at radius 1 is 1.47 bits per heavy atom. The second-order valence-corrected chi connectivity index (χ2v) is 7.86. The van der Waals surface area contributed by atoms with Crippen molar-refractivity contribution >= 4 is 9.84 Å². The summed E-state index contributed by atoms with van der Waals surface area (Å²) in [7, 11) is -1.03. The van der Waals surface area contributed by atoms with Crippen molar-refractivity contribution in [2.24, 2.45) is 13.0 Å². The van der Waals surface area contributed by atoms with Crippen LogP contribution in [-0.2, 0) is 29.7 Å². The minimum absolute atomic E-state index is 0.0476. The maximum absolute atomic E-state index is 11.6. The SMILES string of the molecule is CC(C)Cc1nc(CC2CS(=O)(=O)CCN2)n(C)n1. The molecule has 1 saturated heterocycles. The Morgan fingerprint density at radius 2 is 2.21 bits per heavy atom. The van der Waals surface area contributed by atoms with E-state index in [9.17, 15) is 8.42 Å². The molecule has 0 aromatic carbocycles. The average molecular weight is 286 g/mol. The molecule has 7 heteroatoms. The van der Waals surface area contributed by atoms with E-state index in [1.165, 1.54) is 0 Å². The molecule has 0 radical (unpaired) electrons. The quantitative estimate of drug-likeness (QED) is 0.839. The van der Waals surface area contributed by atoms with E-state index in [0.29, 0.717) is 18.9 Å². The van der Waals surface area contributed by atoms with Gasteiger partial charge in [-0.15, -0.1) is 0 Å². The van der Waals surface area contributed by atoms with Gasteiger partial charge in [-0.25, -0.2) is 13.4 Å². The Kier molecular flexibility index (Phi) is 4.25. The van der Waals surface area contributed by atoms with Crippen LogP contribution in [0.15, 0.2) is 0 Å². The molecule has 1 aromatic heterocycles. The summed E-state index contributed by atoms with van der Waals surface area (Å²) in [4.78, 5) is 4.51. The molecule has 2 heterocycles. The van der Waals surface area contributed by atoms with Crippen LogP contribution in [0.25, 0.3) is 0 Å². The first kappa shape index (κ1) is 14.5. The standard InChI is InChI=1S/C12H22N4O2S/c1-9(2)6-11-14-12(16(3)15-11)7-10-8-19(17,18)5-4-13-10/h9-10,13H,4-8H2,1-3H3. The number of hydrogen-bond donors (Lipinski definition) is 1. The number of aryl methyl sites for hydroxylation is 1. The van der Waals surface area contributed by atoms with Crippen LogP contribution in [-0.4, -0.2) is 47.3 Å². The monoisotopic (exact) mass is 286 g/mol. The topological polar surface area (TPSA) is 76.9 Å². The van der Waals surface area contributed by atoms with Gasteiger partial charge in [-0.2, -0.15) is 5.10 Å². The van der Waals surface area contributed by atoms with Gasteiger partial charge in [0.05, 0.1) is 11.5 Å². The van der Waals surface area contributed by atoms with Crippen LogP contribution in [0, 0.1) is 5.92 Å².